The van der Waals surface area contributed by atoms with E-state index in [1.54, 1.807) is 6.20 Å². The van der Waals surface area contributed by atoms with E-state index in [-0.39, 0.29) is 0 Å². The average molecular weight is 276 g/mol. The Balaban J connectivity index is 2.17. The first-order valence-corrected chi connectivity index (χ1v) is 6.61. The highest BCUT2D eigenvalue weighted by atomic mass is 14.7. The fourth-order valence-corrected chi connectivity index (χ4v) is 2.25. The van der Waals surface area contributed by atoms with Gasteiger partial charge in [-0.1, -0.05) is 18.2 Å². The number of benzene rings is 2. The zero-order valence-electron chi connectivity index (χ0n) is 11.5. The van der Waals surface area contributed by atoms with Gasteiger partial charge in [-0.25, -0.2) is 0 Å². The van der Waals surface area contributed by atoms with Crippen LogP contribution in [0.4, 0.5) is 17.1 Å². The summed E-state index contributed by atoms with van der Waals surface area (Å²) in [5, 5.41) is 0. The Morgan fingerprint density at radius 1 is 0.619 bits per heavy atom. The molecule has 0 amide bonds. The Bertz CT molecular complexity index is 762. The molecule has 0 fully saturated rings. The molecule has 3 rings (SSSR count). The van der Waals surface area contributed by atoms with Gasteiger partial charge in [0.05, 0.1) is 17.6 Å². The summed E-state index contributed by atoms with van der Waals surface area (Å²) in [6.07, 6.45) is 1.64. The van der Waals surface area contributed by atoms with E-state index in [1.165, 1.54) is 0 Å². The minimum atomic E-state index is 0.636. The first-order valence-electron chi connectivity index (χ1n) is 6.61. The molecule has 0 aliphatic carbocycles. The fourth-order valence-electron chi connectivity index (χ4n) is 2.25. The van der Waals surface area contributed by atoms with Gasteiger partial charge in [0.2, 0.25) is 0 Å². The maximum absolute atomic E-state index is 5.92. The molecule has 3 aromatic rings. The van der Waals surface area contributed by atoms with Gasteiger partial charge in [0.25, 0.3) is 0 Å². The summed E-state index contributed by atoms with van der Waals surface area (Å²) in [5.41, 5.74) is 23.4. The number of anilines is 3. The largest absolute Gasteiger partial charge is 0.399 e. The summed E-state index contributed by atoms with van der Waals surface area (Å²) in [5.74, 6) is 0. The molecule has 1 heterocycles. The third kappa shape index (κ3) is 2.65. The van der Waals surface area contributed by atoms with Crippen molar-refractivity contribution in [1.29, 1.82) is 0 Å². The molecule has 0 atom stereocenters. The lowest BCUT2D eigenvalue weighted by molar-refractivity contribution is 1.33. The lowest BCUT2D eigenvalue weighted by Crippen LogP contribution is -1.93. The summed E-state index contributed by atoms with van der Waals surface area (Å²) < 4.78 is 0. The monoisotopic (exact) mass is 276 g/mol. The molecule has 4 heteroatoms. The first-order chi connectivity index (χ1) is 10.1. The predicted molar refractivity (Wildman–Crippen MR) is 88.3 cm³/mol. The van der Waals surface area contributed by atoms with Gasteiger partial charge in [0.1, 0.15) is 0 Å². The highest BCUT2D eigenvalue weighted by Crippen LogP contribution is 2.33. The standard InChI is InChI=1S/C17H16N4/c18-12-3-1-11(2-4-12)15-7-5-13(19)9-16(15)17-8-6-14(20)10-21-17/h1-10H,18-20H2. The van der Waals surface area contributed by atoms with Crippen LogP contribution in [0.15, 0.2) is 60.8 Å². The van der Waals surface area contributed by atoms with Crippen LogP contribution in [0.25, 0.3) is 22.4 Å². The van der Waals surface area contributed by atoms with Crippen molar-refractivity contribution in [2.75, 3.05) is 17.2 Å². The third-order valence-corrected chi connectivity index (χ3v) is 3.33. The van der Waals surface area contributed by atoms with E-state index in [9.17, 15) is 0 Å². The van der Waals surface area contributed by atoms with Crippen LogP contribution in [-0.4, -0.2) is 4.98 Å². The smallest absolute Gasteiger partial charge is 0.0710 e. The zero-order valence-corrected chi connectivity index (χ0v) is 11.5. The van der Waals surface area contributed by atoms with Gasteiger partial charge < -0.3 is 17.2 Å². The molecule has 21 heavy (non-hydrogen) atoms. The van der Waals surface area contributed by atoms with Crippen LogP contribution >= 0.6 is 0 Å². The molecular formula is C17H16N4. The molecule has 0 spiro atoms. The van der Waals surface area contributed by atoms with Gasteiger partial charge in [-0.2, -0.15) is 0 Å². The van der Waals surface area contributed by atoms with Crippen LogP contribution in [-0.2, 0) is 0 Å². The van der Waals surface area contributed by atoms with Gasteiger partial charge in [-0.3, -0.25) is 4.98 Å². The van der Waals surface area contributed by atoms with Crippen molar-refractivity contribution in [3.8, 4) is 22.4 Å². The summed E-state index contributed by atoms with van der Waals surface area (Å²) in [6.45, 7) is 0. The van der Waals surface area contributed by atoms with E-state index in [0.29, 0.717) is 11.4 Å². The fraction of sp³-hybridized carbons (Fsp3) is 0. The minimum absolute atomic E-state index is 0.636. The molecule has 0 unspecified atom stereocenters. The summed E-state index contributed by atoms with van der Waals surface area (Å²) in [4.78, 5) is 4.39. The molecular weight excluding hydrogens is 260 g/mol. The van der Waals surface area contributed by atoms with Crippen LogP contribution in [0.5, 0.6) is 0 Å². The SMILES string of the molecule is Nc1ccc(-c2ccc(N)cc2-c2ccc(N)cn2)cc1. The van der Waals surface area contributed by atoms with Crippen molar-refractivity contribution in [2.24, 2.45) is 0 Å². The number of hydrogen-bond acceptors (Lipinski definition) is 4. The molecule has 0 aliphatic rings. The van der Waals surface area contributed by atoms with Gasteiger partial charge in [0, 0.05) is 16.9 Å². The molecule has 0 saturated carbocycles. The van der Waals surface area contributed by atoms with E-state index in [2.05, 4.69) is 4.98 Å². The molecule has 1 aromatic heterocycles. The molecule has 0 radical (unpaired) electrons. The second-order valence-electron chi connectivity index (χ2n) is 4.90. The number of rotatable bonds is 2. The summed E-state index contributed by atoms with van der Waals surface area (Å²) in [6, 6.07) is 17.3. The predicted octanol–water partition coefficient (Wildman–Crippen LogP) is 3.16. The number of nitrogen functional groups attached to an aromatic ring is 3. The molecule has 0 aliphatic heterocycles. The van der Waals surface area contributed by atoms with Crippen molar-refractivity contribution in [2.45, 2.75) is 0 Å². The number of nitrogens with two attached hydrogens (primary N) is 3. The van der Waals surface area contributed by atoms with Gasteiger partial charge in [-0.05, 0) is 47.5 Å². The van der Waals surface area contributed by atoms with Gasteiger partial charge in [0.15, 0.2) is 0 Å². The molecule has 6 N–H and O–H groups in total. The highest BCUT2D eigenvalue weighted by Gasteiger charge is 2.09. The molecule has 2 aromatic carbocycles. The summed E-state index contributed by atoms with van der Waals surface area (Å²) in [7, 11) is 0. The Morgan fingerprint density at radius 3 is 1.95 bits per heavy atom. The normalized spacial score (nSPS) is 10.5. The topological polar surface area (TPSA) is 91.0 Å². The molecule has 0 saturated heterocycles. The second kappa shape index (κ2) is 5.17. The zero-order chi connectivity index (χ0) is 14.8. The van der Waals surface area contributed by atoms with E-state index in [4.69, 9.17) is 17.2 Å². The number of nitrogens with zero attached hydrogens (tertiary/aromatic N) is 1. The lowest BCUT2D eigenvalue weighted by Gasteiger charge is -2.11. The third-order valence-electron chi connectivity index (χ3n) is 3.33. The van der Waals surface area contributed by atoms with Crippen LogP contribution < -0.4 is 17.2 Å². The van der Waals surface area contributed by atoms with Crippen LogP contribution in [0.3, 0.4) is 0 Å². The average Bonchev–Trinajstić information content (AvgIpc) is 2.49. The van der Waals surface area contributed by atoms with E-state index in [0.717, 1.165) is 28.1 Å². The second-order valence-corrected chi connectivity index (χ2v) is 4.90. The van der Waals surface area contributed by atoms with E-state index < -0.39 is 0 Å². The van der Waals surface area contributed by atoms with Crippen molar-refractivity contribution in [1.82, 2.24) is 4.98 Å². The molecule has 104 valence electrons. The highest BCUT2D eigenvalue weighted by molar-refractivity contribution is 5.84. The first kappa shape index (κ1) is 13.0. The van der Waals surface area contributed by atoms with Crippen molar-refractivity contribution >= 4 is 17.1 Å². The molecule has 4 nitrogen and oxygen atoms in total. The Kier molecular flexibility index (Phi) is 3.20. The van der Waals surface area contributed by atoms with Crippen molar-refractivity contribution < 1.29 is 0 Å². The van der Waals surface area contributed by atoms with Gasteiger partial charge in [-0.15, -0.1) is 0 Å². The number of aromatic nitrogens is 1. The maximum Gasteiger partial charge on any atom is 0.0710 e. The lowest BCUT2D eigenvalue weighted by atomic mass is 9.96. The van der Waals surface area contributed by atoms with Crippen LogP contribution in [0.2, 0.25) is 0 Å². The maximum atomic E-state index is 5.92. The Labute approximate surface area is 123 Å². The van der Waals surface area contributed by atoms with E-state index >= 15 is 0 Å². The minimum Gasteiger partial charge on any atom is -0.399 e. The van der Waals surface area contributed by atoms with Crippen LogP contribution in [0.1, 0.15) is 0 Å². The van der Waals surface area contributed by atoms with E-state index in [1.807, 2.05) is 54.6 Å². The molecule has 0 bridgehead atoms. The Morgan fingerprint density at radius 2 is 1.29 bits per heavy atom. The number of hydrogen-bond donors (Lipinski definition) is 3. The van der Waals surface area contributed by atoms with Crippen molar-refractivity contribution in [3.63, 3.8) is 0 Å². The quantitative estimate of drug-likeness (QED) is 0.627. The Hall–Kier alpha value is -3.01. The van der Waals surface area contributed by atoms with Gasteiger partial charge >= 0.3 is 0 Å². The number of pyridine rings is 1. The van der Waals surface area contributed by atoms with Crippen molar-refractivity contribution in [3.05, 3.63) is 60.8 Å². The van der Waals surface area contributed by atoms with Crippen LogP contribution in [0, 0.1) is 0 Å². The summed E-state index contributed by atoms with van der Waals surface area (Å²) >= 11 is 0.